The molecule has 1 unspecified atom stereocenters. The van der Waals surface area contributed by atoms with Crippen molar-refractivity contribution in [1.82, 2.24) is 0 Å². The first-order chi connectivity index (χ1) is 16.7. The van der Waals surface area contributed by atoms with Crippen molar-refractivity contribution < 1.29 is 37.0 Å². The highest BCUT2D eigenvalue weighted by Gasteiger charge is 2.44. The van der Waals surface area contributed by atoms with Crippen LogP contribution in [0, 0.1) is 17.1 Å². The number of halogens is 4. The summed E-state index contributed by atoms with van der Waals surface area (Å²) in [7, 11) is 2.08. The Morgan fingerprint density at radius 2 is 1.77 bits per heavy atom. The molecule has 1 heterocycles. The summed E-state index contributed by atoms with van der Waals surface area (Å²) in [5.74, 6) is -5.35. The number of carbonyl (C=O) groups excluding carboxylic acids is 2. The number of alkyl halides is 2. The van der Waals surface area contributed by atoms with Crippen LogP contribution in [0.4, 0.5) is 18.9 Å². The van der Waals surface area contributed by atoms with Crippen molar-refractivity contribution in [3.8, 4) is 11.8 Å². The van der Waals surface area contributed by atoms with Crippen LogP contribution in [0.2, 0.25) is 0 Å². The molecule has 0 bridgehead atoms. The monoisotopic (exact) mass is 551 g/mol. The number of nitrogens with zero attached hydrogens (tertiary/aromatic N) is 2. The molecule has 2 aromatic rings. The molecule has 0 saturated carbocycles. The molecule has 0 aromatic heterocycles. The number of ether oxygens (including phenoxy) is 3. The molecule has 0 radical (unpaired) electrons. The van der Waals surface area contributed by atoms with Crippen LogP contribution in [0.25, 0.3) is 0 Å². The van der Waals surface area contributed by atoms with Crippen molar-refractivity contribution >= 4 is 33.6 Å². The summed E-state index contributed by atoms with van der Waals surface area (Å²) in [6, 6.07) is 11.8. The van der Waals surface area contributed by atoms with Gasteiger partial charge in [-0.05, 0) is 27.6 Å². The number of hydrogen-bond donors (Lipinski definition) is 1. The van der Waals surface area contributed by atoms with E-state index in [2.05, 4.69) is 20.7 Å². The molecule has 1 aliphatic rings. The van der Waals surface area contributed by atoms with Gasteiger partial charge in [0, 0.05) is 6.07 Å². The van der Waals surface area contributed by atoms with Gasteiger partial charge >= 0.3 is 18.6 Å². The Morgan fingerprint density at radius 3 is 2.31 bits per heavy atom. The van der Waals surface area contributed by atoms with Crippen LogP contribution in [0.5, 0.6) is 5.75 Å². The van der Waals surface area contributed by atoms with Gasteiger partial charge in [-0.2, -0.15) is 14.0 Å². The normalized spacial score (nSPS) is 15.7. The van der Waals surface area contributed by atoms with Crippen molar-refractivity contribution in [1.29, 1.82) is 5.26 Å². The van der Waals surface area contributed by atoms with Crippen LogP contribution in [-0.2, 0) is 19.1 Å². The highest BCUT2D eigenvalue weighted by molar-refractivity contribution is 9.10. The van der Waals surface area contributed by atoms with Gasteiger partial charge in [0.05, 0.1) is 47.5 Å². The van der Waals surface area contributed by atoms with Gasteiger partial charge in [0.15, 0.2) is 5.75 Å². The van der Waals surface area contributed by atoms with E-state index in [0.717, 1.165) is 25.2 Å². The Balaban J connectivity index is 2.47. The summed E-state index contributed by atoms with van der Waals surface area (Å²) in [5, 5.41) is 10.00. The Kier molecular flexibility index (Phi) is 7.71. The summed E-state index contributed by atoms with van der Waals surface area (Å²) >= 11 is 2.96. The van der Waals surface area contributed by atoms with Gasteiger partial charge in [-0.15, -0.1) is 0 Å². The van der Waals surface area contributed by atoms with Gasteiger partial charge < -0.3 is 19.9 Å². The molecule has 0 fully saturated rings. The van der Waals surface area contributed by atoms with Gasteiger partial charge in [0.1, 0.15) is 17.3 Å². The quantitative estimate of drug-likeness (QED) is 0.534. The second-order valence-corrected chi connectivity index (χ2v) is 7.80. The first-order valence-corrected chi connectivity index (χ1v) is 10.5. The van der Waals surface area contributed by atoms with Crippen molar-refractivity contribution in [3.05, 3.63) is 81.0 Å². The molecule has 2 N–H and O–H groups in total. The lowest BCUT2D eigenvalue weighted by Gasteiger charge is -2.36. The minimum absolute atomic E-state index is 0.200. The van der Waals surface area contributed by atoms with Gasteiger partial charge in [0.25, 0.3) is 0 Å². The number of anilines is 1. The topological polar surface area (TPSA) is 115 Å². The lowest BCUT2D eigenvalue weighted by atomic mass is 9.81. The number of benzene rings is 2. The maximum Gasteiger partial charge on any atom is 0.387 e. The average Bonchev–Trinajstić information content (AvgIpc) is 2.84. The first kappa shape index (κ1) is 25.6. The standard InChI is InChI=1S/C23H17BrF3N3O5/c1-33-21(31)18-17(11-6-4-3-5-7-11)12(10-28)20(29)30(19(18)22(32)34-2)15-8-13(24)14(25)9-16(15)35-23(26)27/h3-9,17,23H,29H2,1-2H3. The van der Waals surface area contributed by atoms with Gasteiger partial charge in [-0.1, -0.05) is 30.3 Å². The Bertz CT molecular complexity index is 1280. The predicted molar refractivity (Wildman–Crippen MR) is 120 cm³/mol. The Labute approximate surface area is 206 Å². The van der Waals surface area contributed by atoms with E-state index in [4.69, 9.17) is 15.2 Å². The van der Waals surface area contributed by atoms with Crippen molar-refractivity contribution in [2.24, 2.45) is 5.73 Å². The van der Waals surface area contributed by atoms with E-state index in [9.17, 15) is 28.0 Å². The maximum atomic E-state index is 14.2. The molecule has 12 heteroatoms. The van der Waals surface area contributed by atoms with Crippen molar-refractivity contribution in [2.75, 3.05) is 19.1 Å². The van der Waals surface area contributed by atoms with Crippen LogP contribution in [0.1, 0.15) is 11.5 Å². The minimum Gasteiger partial charge on any atom is -0.466 e. The number of allylic oxidation sites excluding steroid dienone is 1. The molecule has 2 aromatic carbocycles. The van der Waals surface area contributed by atoms with Crippen LogP contribution in [0.15, 0.2) is 69.6 Å². The van der Waals surface area contributed by atoms with Gasteiger partial charge in [-0.3, -0.25) is 4.90 Å². The highest BCUT2D eigenvalue weighted by Crippen LogP contribution is 2.46. The average molecular weight is 552 g/mol. The molecular weight excluding hydrogens is 535 g/mol. The van der Waals surface area contributed by atoms with Crippen LogP contribution < -0.4 is 15.4 Å². The molecule has 0 spiro atoms. The number of esters is 2. The molecular formula is C23H17BrF3N3O5. The molecule has 1 aliphatic heterocycles. The lowest BCUT2D eigenvalue weighted by molar-refractivity contribution is -0.139. The first-order valence-electron chi connectivity index (χ1n) is 9.75. The molecule has 0 saturated heterocycles. The SMILES string of the molecule is COC(=O)C1=C(C(=O)OC)N(c2cc(Br)c(F)cc2OC(F)F)C(N)=C(C#N)C1c1ccccc1. The molecule has 1 atom stereocenters. The van der Waals surface area contributed by atoms with Crippen molar-refractivity contribution in [3.63, 3.8) is 0 Å². The number of methoxy groups -OCH3 is 2. The lowest BCUT2D eigenvalue weighted by Crippen LogP contribution is -2.41. The number of nitrogens with two attached hydrogens (primary N) is 1. The second kappa shape index (κ2) is 10.5. The molecule has 3 rings (SSSR count). The third-order valence-electron chi connectivity index (χ3n) is 5.07. The third kappa shape index (κ3) is 4.81. The third-order valence-corrected chi connectivity index (χ3v) is 5.68. The number of rotatable bonds is 6. The van der Waals surface area contributed by atoms with Crippen LogP contribution >= 0.6 is 15.9 Å². The smallest absolute Gasteiger partial charge is 0.387 e. The Morgan fingerprint density at radius 1 is 1.14 bits per heavy atom. The van der Waals surface area contributed by atoms with E-state index < -0.39 is 47.6 Å². The minimum atomic E-state index is -3.37. The molecule has 0 aliphatic carbocycles. The van der Waals surface area contributed by atoms with Crippen LogP contribution in [-0.4, -0.2) is 32.8 Å². The summed E-state index contributed by atoms with van der Waals surface area (Å²) in [4.78, 5) is 26.9. The number of nitriles is 1. The van der Waals surface area contributed by atoms with E-state index in [0.29, 0.717) is 11.6 Å². The van der Waals surface area contributed by atoms with E-state index in [-0.39, 0.29) is 21.3 Å². The van der Waals surface area contributed by atoms with E-state index in [1.54, 1.807) is 30.3 Å². The number of hydrogen-bond acceptors (Lipinski definition) is 8. The van der Waals surface area contributed by atoms with Crippen molar-refractivity contribution in [2.45, 2.75) is 12.5 Å². The molecule has 8 nitrogen and oxygen atoms in total. The van der Waals surface area contributed by atoms with E-state index in [1.807, 2.05) is 6.07 Å². The fourth-order valence-electron chi connectivity index (χ4n) is 3.65. The predicted octanol–water partition coefficient (Wildman–Crippen LogP) is 4.09. The van der Waals surface area contributed by atoms with Gasteiger partial charge in [-0.25, -0.2) is 14.0 Å². The zero-order valence-corrected chi connectivity index (χ0v) is 19.8. The molecule has 35 heavy (non-hydrogen) atoms. The van der Waals surface area contributed by atoms with E-state index >= 15 is 0 Å². The molecule has 182 valence electrons. The maximum absolute atomic E-state index is 14.2. The highest BCUT2D eigenvalue weighted by atomic mass is 79.9. The Hall–Kier alpha value is -3.98. The second-order valence-electron chi connectivity index (χ2n) is 6.95. The summed E-state index contributed by atoms with van der Waals surface area (Å²) in [6.45, 7) is -3.37. The van der Waals surface area contributed by atoms with E-state index in [1.165, 1.54) is 0 Å². The summed E-state index contributed by atoms with van der Waals surface area (Å²) in [6.07, 6.45) is 0. The molecule has 0 amide bonds. The van der Waals surface area contributed by atoms with Gasteiger partial charge in [0.2, 0.25) is 0 Å². The number of carbonyl (C=O) groups is 2. The summed E-state index contributed by atoms with van der Waals surface area (Å²) < 4.78 is 54.5. The fourth-order valence-corrected chi connectivity index (χ4v) is 3.98. The zero-order valence-electron chi connectivity index (χ0n) is 18.2. The fraction of sp³-hybridized carbons (Fsp3) is 0.174. The van der Waals surface area contributed by atoms with Crippen LogP contribution in [0.3, 0.4) is 0 Å². The largest absolute Gasteiger partial charge is 0.466 e. The summed E-state index contributed by atoms with van der Waals surface area (Å²) in [5.41, 5.74) is 5.28. The zero-order chi connectivity index (χ0) is 25.9.